The largest absolute Gasteiger partial charge is 0.481 e. The number of hydrogen-bond acceptors (Lipinski definition) is 2. The molecule has 0 aliphatic rings. The topological polar surface area (TPSA) is 66.4 Å². The van der Waals surface area contributed by atoms with Crippen molar-refractivity contribution in [2.45, 2.75) is 39.5 Å². The Morgan fingerprint density at radius 2 is 1.89 bits per heavy atom. The first-order chi connectivity index (χ1) is 8.95. The Hall–Kier alpha value is -1.84. The number of carboxylic acid groups (broad SMARTS) is 1. The Labute approximate surface area is 113 Å². The van der Waals surface area contributed by atoms with Gasteiger partial charge in [0.2, 0.25) is 5.91 Å². The average Bonchev–Trinajstić information content (AvgIpc) is 2.35. The van der Waals surface area contributed by atoms with Crippen LogP contribution in [-0.2, 0) is 9.59 Å². The number of carboxylic acids is 1. The van der Waals surface area contributed by atoms with Crippen molar-refractivity contribution in [1.82, 2.24) is 0 Å². The van der Waals surface area contributed by atoms with Gasteiger partial charge in [-0.05, 0) is 24.0 Å². The van der Waals surface area contributed by atoms with Gasteiger partial charge in [0.15, 0.2) is 0 Å². The zero-order chi connectivity index (χ0) is 14.4. The molecule has 0 fully saturated rings. The van der Waals surface area contributed by atoms with Gasteiger partial charge in [0.1, 0.15) is 0 Å². The third kappa shape index (κ3) is 4.39. The van der Waals surface area contributed by atoms with Gasteiger partial charge in [-0.25, -0.2) is 0 Å². The maximum absolute atomic E-state index is 12.1. The van der Waals surface area contributed by atoms with Crippen LogP contribution in [-0.4, -0.2) is 17.0 Å². The van der Waals surface area contributed by atoms with E-state index in [-0.39, 0.29) is 12.3 Å². The Bertz CT molecular complexity index is 454. The van der Waals surface area contributed by atoms with Gasteiger partial charge >= 0.3 is 5.97 Å². The molecule has 0 bridgehead atoms. The molecule has 1 unspecified atom stereocenters. The predicted molar refractivity (Wildman–Crippen MR) is 75.2 cm³/mol. The first-order valence-electron chi connectivity index (χ1n) is 6.57. The molecule has 0 saturated heterocycles. The highest BCUT2D eigenvalue weighted by Crippen LogP contribution is 2.24. The van der Waals surface area contributed by atoms with Crippen molar-refractivity contribution in [1.29, 1.82) is 0 Å². The lowest BCUT2D eigenvalue weighted by Gasteiger charge is -2.17. The third-order valence-corrected chi connectivity index (χ3v) is 3.13. The highest BCUT2D eigenvalue weighted by atomic mass is 16.4. The smallest absolute Gasteiger partial charge is 0.304 e. The molecule has 19 heavy (non-hydrogen) atoms. The number of carbonyl (C=O) groups is 2. The predicted octanol–water partition coefficient (Wildman–Crippen LogP) is 3.25. The second-order valence-corrected chi connectivity index (χ2v) is 4.93. The van der Waals surface area contributed by atoms with Crippen molar-refractivity contribution in [2.24, 2.45) is 5.92 Å². The highest BCUT2D eigenvalue weighted by Gasteiger charge is 2.20. The summed E-state index contributed by atoms with van der Waals surface area (Å²) in [5.74, 6) is -1.36. The zero-order valence-corrected chi connectivity index (χ0v) is 11.6. The van der Waals surface area contributed by atoms with Gasteiger partial charge in [-0.15, -0.1) is 0 Å². The van der Waals surface area contributed by atoms with Crippen molar-refractivity contribution in [2.75, 3.05) is 5.32 Å². The van der Waals surface area contributed by atoms with E-state index in [4.69, 9.17) is 5.11 Å². The van der Waals surface area contributed by atoms with Crippen molar-refractivity contribution in [3.8, 4) is 0 Å². The van der Waals surface area contributed by atoms with E-state index >= 15 is 0 Å². The molecule has 0 spiro atoms. The lowest BCUT2D eigenvalue weighted by molar-refractivity contribution is -0.140. The van der Waals surface area contributed by atoms with Crippen LogP contribution in [0.4, 0.5) is 5.69 Å². The van der Waals surface area contributed by atoms with Crippen LogP contribution in [0, 0.1) is 5.92 Å². The maximum Gasteiger partial charge on any atom is 0.304 e. The molecular weight excluding hydrogens is 242 g/mol. The van der Waals surface area contributed by atoms with Crippen molar-refractivity contribution < 1.29 is 14.7 Å². The van der Waals surface area contributed by atoms with Crippen LogP contribution in [0.5, 0.6) is 0 Å². The van der Waals surface area contributed by atoms with Crippen LogP contribution >= 0.6 is 0 Å². The maximum atomic E-state index is 12.1. The first kappa shape index (κ1) is 15.2. The van der Waals surface area contributed by atoms with Crippen molar-refractivity contribution >= 4 is 17.6 Å². The molecule has 0 aliphatic carbocycles. The van der Waals surface area contributed by atoms with Gasteiger partial charge in [-0.3, -0.25) is 9.59 Å². The Balaban J connectivity index is 2.84. The quantitative estimate of drug-likeness (QED) is 0.828. The number of para-hydroxylation sites is 1. The molecule has 0 aliphatic heterocycles. The normalized spacial score (nSPS) is 12.2. The van der Waals surface area contributed by atoms with Gasteiger partial charge in [0.05, 0.1) is 6.42 Å². The van der Waals surface area contributed by atoms with Crippen LogP contribution in [0.2, 0.25) is 0 Å². The van der Waals surface area contributed by atoms with Crippen molar-refractivity contribution in [3.05, 3.63) is 29.8 Å². The number of rotatable bonds is 6. The molecule has 0 radical (unpaired) electrons. The molecule has 1 aromatic carbocycles. The summed E-state index contributed by atoms with van der Waals surface area (Å²) in [6.45, 7) is 5.93. The number of hydrogen-bond donors (Lipinski definition) is 2. The standard InChI is InChI=1S/C15H21NO3/c1-4-11(9-14(17)18)15(19)16-13-8-6-5-7-12(13)10(2)3/h5-8,10-11H,4,9H2,1-3H3,(H,16,19)(H,17,18). The Morgan fingerprint density at radius 3 is 2.42 bits per heavy atom. The summed E-state index contributed by atoms with van der Waals surface area (Å²) in [6.07, 6.45) is 0.383. The summed E-state index contributed by atoms with van der Waals surface area (Å²) < 4.78 is 0. The molecule has 1 atom stereocenters. The molecule has 1 rings (SSSR count). The van der Waals surface area contributed by atoms with E-state index in [1.165, 1.54) is 0 Å². The highest BCUT2D eigenvalue weighted by molar-refractivity contribution is 5.95. The molecule has 1 aromatic rings. The summed E-state index contributed by atoms with van der Waals surface area (Å²) in [7, 11) is 0. The summed E-state index contributed by atoms with van der Waals surface area (Å²) in [5, 5.41) is 11.6. The molecule has 104 valence electrons. The van der Waals surface area contributed by atoms with E-state index in [2.05, 4.69) is 19.2 Å². The SMILES string of the molecule is CCC(CC(=O)O)C(=O)Nc1ccccc1C(C)C. The fourth-order valence-electron chi connectivity index (χ4n) is 1.98. The fourth-order valence-corrected chi connectivity index (χ4v) is 1.98. The fraction of sp³-hybridized carbons (Fsp3) is 0.467. The first-order valence-corrected chi connectivity index (χ1v) is 6.57. The second-order valence-electron chi connectivity index (χ2n) is 4.93. The zero-order valence-electron chi connectivity index (χ0n) is 11.6. The van der Waals surface area contributed by atoms with Gasteiger partial charge in [0, 0.05) is 11.6 Å². The molecule has 4 heteroatoms. The number of carbonyl (C=O) groups excluding carboxylic acids is 1. The van der Waals surface area contributed by atoms with E-state index in [9.17, 15) is 9.59 Å². The van der Waals surface area contributed by atoms with Crippen LogP contribution < -0.4 is 5.32 Å². The van der Waals surface area contributed by atoms with Gasteiger partial charge in [-0.1, -0.05) is 39.0 Å². The van der Waals surface area contributed by atoms with Crippen LogP contribution in [0.25, 0.3) is 0 Å². The van der Waals surface area contributed by atoms with Gasteiger partial charge in [0.25, 0.3) is 0 Å². The van der Waals surface area contributed by atoms with Gasteiger partial charge < -0.3 is 10.4 Å². The summed E-state index contributed by atoms with van der Waals surface area (Å²) in [5.41, 5.74) is 1.83. The Kier molecular flexibility index (Phi) is 5.55. The van der Waals surface area contributed by atoms with Crippen LogP contribution in [0.15, 0.2) is 24.3 Å². The minimum Gasteiger partial charge on any atom is -0.481 e. The number of aliphatic carboxylic acids is 1. The minimum absolute atomic E-state index is 0.133. The summed E-state index contributed by atoms with van der Waals surface area (Å²) >= 11 is 0. The molecule has 4 nitrogen and oxygen atoms in total. The number of amides is 1. The lowest BCUT2D eigenvalue weighted by Crippen LogP contribution is -2.25. The Morgan fingerprint density at radius 1 is 1.26 bits per heavy atom. The average molecular weight is 263 g/mol. The lowest BCUT2D eigenvalue weighted by atomic mass is 9.99. The molecule has 1 amide bonds. The monoisotopic (exact) mass is 263 g/mol. The molecule has 2 N–H and O–H groups in total. The number of benzene rings is 1. The van der Waals surface area contributed by atoms with Gasteiger partial charge in [-0.2, -0.15) is 0 Å². The molecule has 0 aromatic heterocycles. The minimum atomic E-state index is -0.945. The number of anilines is 1. The number of nitrogens with one attached hydrogen (secondary N) is 1. The summed E-state index contributed by atoms with van der Waals surface area (Å²) in [6, 6.07) is 7.61. The van der Waals surface area contributed by atoms with E-state index in [1.807, 2.05) is 31.2 Å². The van der Waals surface area contributed by atoms with E-state index < -0.39 is 11.9 Å². The van der Waals surface area contributed by atoms with E-state index in [0.717, 1.165) is 11.3 Å². The van der Waals surface area contributed by atoms with Crippen LogP contribution in [0.1, 0.15) is 45.1 Å². The second kappa shape index (κ2) is 6.92. The molecule has 0 heterocycles. The van der Waals surface area contributed by atoms with Crippen molar-refractivity contribution in [3.63, 3.8) is 0 Å². The summed E-state index contributed by atoms with van der Waals surface area (Å²) in [4.78, 5) is 22.8. The van der Waals surface area contributed by atoms with E-state index in [0.29, 0.717) is 12.3 Å². The van der Waals surface area contributed by atoms with Crippen LogP contribution in [0.3, 0.4) is 0 Å². The third-order valence-electron chi connectivity index (χ3n) is 3.13. The molecule has 0 saturated carbocycles. The van der Waals surface area contributed by atoms with E-state index in [1.54, 1.807) is 0 Å². The molecular formula is C15H21NO3.